The maximum Gasteiger partial charge on any atom is 0.302 e. The predicted octanol–water partition coefficient (Wildman–Crippen LogP) is 3.16. The quantitative estimate of drug-likeness (QED) is 0.700. The van der Waals surface area contributed by atoms with Crippen molar-refractivity contribution >= 4 is 45.1 Å². The van der Waals surface area contributed by atoms with Crippen LogP contribution in [0.3, 0.4) is 0 Å². The van der Waals surface area contributed by atoms with E-state index in [-0.39, 0.29) is 5.91 Å². The van der Waals surface area contributed by atoms with E-state index in [2.05, 4.69) is 15.6 Å². The largest absolute Gasteiger partial charge is 0.397 e. The highest BCUT2D eigenvalue weighted by Gasteiger charge is 2.36. The van der Waals surface area contributed by atoms with E-state index < -0.39 is 0 Å². The Hall–Kier alpha value is -2.74. The molecule has 25 heavy (non-hydrogen) atoms. The summed E-state index contributed by atoms with van der Waals surface area (Å²) in [5, 5.41) is 7.41. The lowest BCUT2D eigenvalue weighted by Crippen LogP contribution is -2.32. The molecule has 1 fully saturated rings. The summed E-state index contributed by atoms with van der Waals surface area (Å²) in [5.41, 5.74) is 8.59. The van der Waals surface area contributed by atoms with E-state index in [4.69, 9.17) is 10.3 Å². The van der Waals surface area contributed by atoms with Crippen molar-refractivity contribution in [1.29, 1.82) is 0 Å². The van der Waals surface area contributed by atoms with Crippen LogP contribution in [0.4, 0.5) is 11.6 Å². The van der Waals surface area contributed by atoms with Gasteiger partial charge in [-0.1, -0.05) is 5.57 Å². The molecule has 8 heteroatoms. The van der Waals surface area contributed by atoms with Crippen molar-refractivity contribution in [1.82, 2.24) is 10.3 Å². The lowest BCUT2D eigenvalue weighted by molar-refractivity contribution is -0.765. The number of nitrogen functional groups attached to an aromatic ring is 1. The van der Waals surface area contributed by atoms with Crippen molar-refractivity contribution in [2.45, 2.75) is 32.7 Å². The predicted molar refractivity (Wildman–Crippen MR) is 96.3 cm³/mol. The number of fused-ring (bicyclic) bond motifs is 1. The van der Waals surface area contributed by atoms with E-state index in [9.17, 15) is 4.79 Å². The van der Waals surface area contributed by atoms with Crippen LogP contribution in [-0.4, -0.2) is 16.2 Å². The second-order valence-corrected chi connectivity index (χ2v) is 7.39. The van der Waals surface area contributed by atoms with Crippen LogP contribution in [-0.2, 0) is 0 Å². The number of nitrogens with one attached hydrogen (secondary N) is 1. The molecule has 3 N–H and O–H groups in total. The number of carbonyl (C=O) groups excluding carboxylic acids is 1. The van der Waals surface area contributed by atoms with Gasteiger partial charge in [-0.2, -0.15) is 0 Å². The molecule has 0 atom stereocenters. The Morgan fingerprint density at radius 1 is 1.44 bits per heavy atom. The molecule has 3 aromatic rings. The second-order valence-electron chi connectivity index (χ2n) is 6.39. The van der Waals surface area contributed by atoms with Crippen molar-refractivity contribution < 1.29 is 14.0 Å². The van der Waals surface area contributed by atoms with Crippen LogP contribution < -0.4 is 15.7 Å². The molecule has 0 unspecified atom stereocenters. The standard InChI is InChI=1S/C17H17N5O2S/c1-9(2)7-10-3-6-12-14(18)15(25-17(12)19-10)16(23)20-13-8-22(21-24-13)11-4-5-11/h3,6-8,11H,4-5H2,1-2H3,(H2-,18,20,21,23)/p+1. The minimum absolute atomic E-state index is 0.312. The van der Waals surface area contributed by atoms with Gasteiger partial charge in [-0.25, -0.2) is 4.98 Å². The van der Waals surface area contributed by atoms with Crippen molar-refractivity contribution in [3.8, 4) is 0 Å². The highest BCUT2D eigenvalue weighted by Crippen LogP contribution is 2.33. The first-order chi connectivity index (χ1) is 12.0. The van der Waals surface area contributed by atoms with Gasteiger partial charge in [-0.3, -0.25) is 14.6 Å². The van der Waals surface area contributed by atoms with Gasteiger partial charge in [0.25, 0.3) is 12.1 Å². The molecule has 1 aliphatic carbocycles. The maximum atomic E-state index is 12.5. The van der Waals surface area contributed by atoms with Crippen LogP contribution in [0, 0.1) is 0 Å². The summed E-state index contributed by atoms with van der Waals surface area (Å²) in [5.74, 6) is -0.00435. The van der Waals surface area contributed by atoms with Gasteiger partial charge in [0.2, 0.25) is 5.27 Å². The molecule has 0 aliphatic heterocycles. The van der Waals surface area contributed by atoms with Crippen LogP contribution in [0.15, 0.2) is 28.4 Å². The number of nitrogens with two attached hydrogens (primary N) is 1. The van der Waals surface area contributed by atoms with Crippen LogP contribution >= 0.6 is 11.3 Å². The van der Waals surface area contributed by atoms with Crippen LogP contribution in [0.2, 0.25) is 0 Å². The Morgan fingerprint density at radius 2 is 2.24 bits per heavy atom. The Balaban J connectivity index is 1.61. The third kappa shape index (κ3) is 3.12. The number of carbonyl (C=O) groups is 1. The molecule has 7 nitrogen and oxygen atoms in total. The number of anilines is 2. The average Bonchev–Trinajstić information content (AvgIpc) is 3.22. The molecule has 0 radical (unpaired) electrons. The lowest BCUT2D eigenvalue weighted by Gasteiger charge is -1.98. The van der Waals surface area contributed by atoms with Crippen molar-refractivity contribution in [2.24, 2.45) is 0 Å². The van der Waals surface area contributed by atoms with E-state index in [1.54, 1.807) is 10.9 Å². The number of thiophene rings is 1. The first-order valence-electron chi connectivity index (χ1n) is 8.04. The SMILES string of the molecule is CC(C)=Cc1ccc2c(N)c(C(=O)Nc3c[n+](C4CC4)no3)sc2n1. The maximum absolute atomic E-state index is 12.5. The molecule has 4 rings (SSSR count). The number of hydrogen-bond acceptors (Lipinski definition) is 6. The summed E-state index contributed by atoms with van der Waals surface area (Å²) in [6, 6.07) is 4.19. The van der Waals surface area contributed by atoms with E-state index >= 15 is 0 Å². The number of aromatic nitrogens is 3. The van der Waals surface area contributed by atoms with Crippen molar-refractivity contribution in [3.05, 3.63) is 34.5 Å². The molecular formula is C17H18N5O2S+. The topological polar surface area (TPSA) is 97.9 Å². The summed E-state index contributed by atoms with van der Waals surface area (Å²) < 4.78 is 6.89. The molecule has 1 amide bonds. The Labute approximate surface area is 148 Å². The van der Waals surface area contributed by atoms with Gasteiger partial charge >= 0.3 is 5.88 Å². The number of rotatable bonds is 4. The lowest BCUT2D eigenvalue weighted by atomic mass is 10.2. The van der Waals surface area contributed by atoms with E-state index in [1.165, 1.54) is 11.3 Å². The van der Waals surface area contributed by atoms with Crippen molar-refractivity contribution in [2.75, 3.05) is 11.1 Å². The molecule has 0 bridgehead atoms. The van der Waals surface area contributed by atoms with Crippen molar-refractivity contribution in [3.63, 3.8) is 0 Å². The normalized spacial score (nSPS) is 13.8. The average molecular weight is 356 g/mol. The van der Waals surface area contributed by atoms with Gasteiger partial charge in [0.05, 0.1) is 11.4 Å². The number of amides is 1. The van der Waals surface area contributed by atoms with Gasteiger partial charge in [0, 0.05) is 18.2 Å². The molecule has 128 valence electrons. The summed E-state index contributed by atoms with van der Waals surface area (Å²) in [6.07, 6.45) is 5.87. The number of hydrogen-bond donors (Lipinski definition) is 2. The molecule has 1 aliphatic rings. The molecule has 3 heterocycles. The van der Waals surface area contributed by atoms with E-state index in [0.717, 1.165) is 34.3 Å². The van der Waals surface area contributed by atoms with Crippen LogP contribution in [0.5, 0.6) is 0 Å². The number of pyridine rings is 1. The monoisotopic (exact) mass is 356 g/mol. The van der Waals surface area contributed by atoms with Gasteiger partial charge < -0.3 is 5.73 Å². The Bertz CT molecular complexity index is 996. The highest BCUT2D eigenvalue weighted by molar-refractivity contribution is 7.21. The summed E-state index contributed by atoms with van der Waals surface area (Å²) >= 11 is 1.27. The third-order valence-corrected chi connectivity index (χ3v) is 5.01. The van der Waals surface area contributed by atoms with Gasteiger partial charge in [-0.15, -0.1) is 11.3 Å². The summed E-state index contributed by atoms with van der Waals surface area (Å²) in [7, 11) is 0. The Morgan fingerprint density at radius 3 is 2.96 bits per heavy atom. The summed E-state index contributed by atoms with van der Waals surface area (Å²) in [6.45, 7) is 4.03. The van der Waals surface area contributed by atoms with Gasteiger partial charge in [0.1, 0.15) is 9.71 Å². The summed E-state index contributed by atoms with van der Waals surface area (Å²) in [4.78, 5) is 18.3. The fraction of sp³-hybridized carbons (Fsp3) is 0.294. The fourth-order valence-electron chi connectivity index (χ4n) is 2.55. The first-order valence-corrected chi connectivity index (χ1v) is 8.86. The van der Waals surface area contributed by atoms with Gasteiger partial charge in [-0.05, 0) is 36.7 Å². The smallest absolute Gasteiger partial charge is 0.302 e. The molecule has 3 aromatic heterocycles. The second kappa shape index (κ2) is 5.96. The zero-order valence-electron chi connectivity index (χ0n) is 13.9. The minimum Gasteiger partial charge on any atom is -0.397 e. The number of nitrogens with zero attached hydrogens (tertiary/aromatic N) is 3. The van der Waals surface area contributed by atoms with E-state index in [0.29, 0.717) is 22.5 Å². The molecular weight excluding hydrogens is 338 g/mol. The van der Waals surface area contributed by atoms with Gasteiger partial charge in [0.15, 0.2) is 6.04 Å². The molecule has 0 saturated heterocycles. The minimum atomic E-state index is -0.316. The van der Waals surface area contributed by atoms with Crippen LogP contribution in [0.1, 0.15) is 48.1 Å². The zero-order chi connectivity index (χ0) is 17.6. The van der Waals surface area contributed by atoms with Crippen LogP contribution in [0.25, 0.3) is 16.3 Å². The Kier molecular flexibility index (Phi) is 3.76. The third-order valence-electron chi connectivity index (χ3n) is 3.90. The highest BCUT2D eigenvalue weighted by atomic mass is 32.1. The molecule has 0 spiro atoms. The molecule has 1 saturated carbocycles. The zero-order valence-corrected chi connectivity index (χ0v) is 14.8. The van der Waals surface area contributed by atoms with E-state index in [1.807, 2.05) is 32.1 Å². The fourth-order valence-corrected chi connectivity index (χ4v) is 3.55. The number of allylic oxidation sites excluding steroid dienone is 1. The first kappa shape index (κ1) is 15.8. The molecule has 0 aromatic carbocycles.